The maximum Gasteiger partial charge on any atom is 0.0929 e. The van der Waals surface area contributed by atoms with Crippen LogP contribution in [0.5, 0.6) is 0 Å². The van der Waals surface area contributed by atoms with E-state index in [-0.39, 0.29) is 11.0 Å². The fourth-order valence-corrected chi connectivity index (χ4v) is 2.25. The minimum atomic E-state index is -0.0807. The third kappa shape index (κ3) is 3.26. The molecule has 0 aliphatic carbocycles. The minimum Gasteiger partial charge on any atom is -0.382 e. The maximum absolute atomic E-state index is 4.64. The summed E-state index contributed by atoms with van der Waals surface area (Å²) in [6.07, 6.45) is 2.23. The van der Waals surface area contributed by atoms with Gasteiger partial charge in [0.25, 0.3) is 0 Å². The van der Waals surface area contributed by atoms with Gasteiger partial charge in [-0.25, -0.2) is 0 Å². The van der Waals surface area contributed by atoms with Crippen molar-refractivity contribution in [2.24, 2.45) is 10.4 Å². The monoisotopic (exact) mass is 306 g/mol. The van der Waals surface area contributed by atoms with Gasteiger partial charge in [0.2, 0.25) is 0 Å². The van der Waals surface area contributed by atoms with Gasteiger partial charge in [-0.3, -0.25) is 4.99 Å². The predicted octanol–water partition coefficient (Wildman–Crippen LogP) is 3.13. The van der Waals surface area contributed by atoms with Crippen LogP contribution in [0.2, 0.25) is 0 Å². The van der Waals surface area contributed by atoms with Gasteiger partial charge in [0.05, 0.1) is 15.8 Å². The Morgan fingerprint density at radius 1 is 1.43 bits per heavy atom. The van der Waals surface area contributed by atoms with Gasteiger partial charge in [-0.2, -0.15) is 0 Å². The normalized spacial score (nSPS) is 21.9. The Morgan fingerprint density at radius 3 is 2.50 bits per heavy atom. The first-order chi connectivity index (χ1) is 6.21. The summed E-state index contributed by atoms with van der Waals surface area (Å²) < 4.78 is 1.14. The largest absolute Gasteiger partial charge is 0.382 e. The number of aliphatic imine (C=N–C) groups is 1. The zero-order valence-electron chi connectivity index (χ0n) is 9.61. The second-order valence-corrected chi connectivity index (χ2v) is 6.55. The average Bonchev–Trinajstić information content (AvgIpc) is 2.05. The number of nitrogens with zero attached hydrogens (tertiary/aromatic N) is 1. The lowest BCUT2D eigenvalue weighted by Gasteiger charge is -2.25. The molecular formula is C11H19IN2. The molecule has 0 saturated heterocycles. The van der Waals surface area contributed by atoms with Crippen molar-refractivity contribution in [3.63, 3.8) is 0 Å². The molecule has 0 saturated carbocycles. The van der Waals surface area contributed by atoms with Crippen molar-refractivity contribution in [1.82, 2.24) is 5.32 Å². The van der Waals surface area contributed by atoms with Crippen LogP contribution in [-0.4, -0.2) is 15.8 Å². The summed E-state index contributed by atoms with van der Waals surface area (Å²) in [5, 5.41) is 3.45. The number of halogens is 1. The van der Waals surface area contributed by atoms with E-state index in [1.54, 1.807) is 0 Å². The van der Waals surface area contributed by atoms with E-state index in [0.29, 0.717) is 0 Å². The number of allylic oxidation sites excluding steroid dienone is 1. The van der Waals surface area contributed by atoms with Gasteiger partial charge in [-0.1, -0.05) is 20.8 Å². The molecule has 1 N–H and O–H groups in total. The topological polar surface area (TPSA) is 24.4 Å². The fraction of sp³-hybridized carbons (Fsp3) is 0.727. The van der Waals surface area contributed by atoms with Gasteiger partial charge in [0.15, 0.2) is 0 Å². The summed E-state index contributed by atoms with van der Waals surface area (Å²) in [5.41, 5.74) is 1.38. The molecular weight excluding hydrogens is 287 g/mol. The van der Waals surface area contributed by atoms with Gasteiger partial charge in [-0.15, -0.1) is 0 Å². The van der Waals surface area contributed by atoms with E-state index < -0.39 is 0 Å². The van der Waals surface area contributed by atoms with E-state index in [1.165, 1.54) is 5.70 Å². The molecule has 14 heavy (non-hydrogen) atoms. The standard InChI is InChI=1S/C11H19IN2/c1-10(2,3)8-6-11(4,5)14-9(12)7-13-8/h6,13H,7H2,1-5H3. The average molecular weight is 306 g/mol. The van der Waals surface area contributed by atoms with E-state index in [0.717, 1.165) is 10.3 Å². The molecule has 0 spiro atoms. The van der Waals surface area contributed by atoms with Gasteiger partial charge >= 0.3 is 0 Å². The van der Waals surface area contributed by atoms with Crippen LogP contribution >= 0.6 is 22.6 Å². The lowest BCUT2D eigenvalue weighted by molar-refractivity contribution is 0.461. The van der Waals surface area contributed by atoms with Crippen molar-refractivity contribution in [3.8, 4) is 0 Å². The number of rotatable bonds is 0. The van der Waals surface area contributed by atoms with Crippen LogP contribution in [0.25, 0.3) is 0 Å². The SMILES string of the molecule is CC1(C)C=C(C(C)(C)C)NCC(I)=N1. The van der Waals surface area contributed by atoms with E-state index in [2.05, 4.69) is 73.6 Å². The first-order valence-corrected chi connectivity index (χ1v) is 6.00. The second kappa shape index (κ2) is 3.83. The first kappa shape index (κ1) is 12.0. The molecule has 0 aromatic rings. The molecule has 0 atom stereocenters. The summed E-state index contributed by atoms with van der Waals surface area (Å²) in [5.74, 6) is 0. The molecule has 0 aromatic heterocycles. The number of hydrogen-bond acceptors (Lipinski definition) is 2. The Hall–Kier alpha value is -0.0600. The zero-order valence-corrected chi connectivity index (χ0v) is 11.8. The molecule has 0 aromatic carbocycles. The molecule has 0 amide bonds. The van der Waals surface area contributed by atoms with Gasteiger partial charge < -0.3 is 5.32 Å². The lowest BCUT2D eigenvalue weighted by Crippen LogP contribution is -2.27. The molecule has 2 nitrogen and oxygen atoms in total. The molecule has 0 bridgehead atoms. The molecule has 1 heterocycles. The van der Waals surface area contributed by atoms with Crippen molar-refractivity contribution >= 4 is 26.3 Å². The highest BCUT2D eigenvalue weighted by Gasteiger charge is 2.24. The second-order valence-electron chi connectivity index (χ2n) is 5.30. The minimum absolute atomic E-state index is 0.0807. The molecule has 0 radical (unpaired) electrons. The highest BCUT2D eigenvalue weighted by Crippen LogP contribution is 2.28. The van der Waals surface area contributed by atoms with Crippen molar-refractivity contribution in [3.05, 3.63) is 11.8 Å². The van der Waals surface area contributed by atoms with Crippen LogP contribution in [-0.2, 0) is 0 Å². The van der Waals surface area contributed by atoms with E-state index >= 15 is 0 Å². The van der Waals surface area contributed by atoms with Crippen LogP contribution in [0.3, 0.4) is 0 Å². The fourth-order valence-electron chi connectivity index (χ4n) is 1.44. The zero-order chi connectivity index (χ0) is 11.0. The maximum atomic E-state index is 4.64. The third-order valence-electron chi connectivity index (χ3n) is 2.14. The lowest BCUT2D eigenvalue weighted by atomic mass is 9.88. The van der Waals surface area contributed by atoms with Crippen molar-refractivity contribution < 1.29 is 0 Å². The van der Waals surface area contributed by atoms with Crippen LogP contribution in [0.15, 0.2) is 16.8 Å². The summed E-state index contributed by atoms with van der Waals surface area (Å²) in [6.45, 7) is 11.8. The summed E-state index contributed by atoms with van der Waals surface area (Å²) in [4.78, 5) is 4.64. The van der Waals surface area contributed by atoms with Crippen LogP contribution in [0.4, 0.5) is 0 Å². The molecule has 80 valence electrons. The molecule has 1 rings (SSSR count). The number of nitrogens with one attached hydrogen (secondary N) is 1. The highest BCUT2D eigenvalue weighted by atomic mass is 127. The van der Waals surface area contributed by atoms with Gasteiger partial charge in [0, 0.05) is 11.1 Å². The van der Waals surface area contributed by atoms with Gasteiger partial charge in [0.1, 0.15) is 0 Å². The van der Waals surface area contributed by atoms with Crippen LogP contribution in [0.1, 0.15) is 34.6 Å². The Balaban J connectivity index is 3.00. The van der Waals surface area contributed by atoms with E-state index in [4.69, 9.17) is 0 Å². The number of hydrogen-bond donors (Lipinski definition) is 1. The van der Waals surface area contributed by atoms with Crippen LogP contribution in [0, 0.1) is 5.41 Å². The summed E-state index contributed by atoms with van der Waals surface area (Å²) in [7, 11) is 0. The summed E-state index contributed by atoms with van der Waals surface area (Å²) >= 11 is 2.30. The molecule has 0 fully saturated rings. The quantitative estimate of drug-likeness (QED) is 0.683. The Labute approximate surface area is 100 Å². The Kier molecular flexibility index (Phi) is 3.29. The first-order valence-electron chi connectivity index (χ1n) is 4.92. The molecule has 1 aliphatic heterocycles. The van der Waals surface area contributed by atoms with Crippen molar-refractivity contribution in [1.29, 1.82) is 0 Å². The molecule has 0 unspecified atom stereocenters. The Morgan fingerprint density at radius 2 is 2.00 bits per heavy atom. The smallest absolute Gasteiger partial charge is 0.0929 e. The van der Waals surface area contributed by atoms with E-state index in [1.807, 2.05) is 0 Å². The van der Waals surface area contributed by atoms with Gasteiger partial charge in [-0.05, 0) is 42.5 Å². The highest BCUT2D eigenvalue weighted by molar-refractivity contribution is 14.1. The summed E-state index contributed by atoms with van der Waals surface area (Å²) in [6, 6.07) is 0. The van der Waals surface area contributed by atoms with Crippen molar-refractivity contribution in [2.75, 3.05) is 6.54 Å². The third-order valence-corrected chi connectivity index (χ3v) is 2.76. The van der Waals surface area contributed by atoms with Crippen molar-refractivity contribution in [2.45, 2.75) is 40.2 Å². The molecule has 1 aliphatic rings. The molecule has 3 heteroatoms. The Bertz CT molecular complexity index is 282. The predicted molar refractivity (Wildman–Crippen MR) is 71.1 cm³/mol. The van der Waals surface area contributed by atoms with E-state index in [9.17, 15) is 0 Å². The van der Waals surface area contributed by atoms with Crippen LogP contribution < -0.4 is 5.32 Å².